The summed E-state index contributed by atoms with van der Waals surface area (Å²) >= 11 is 1.31. The number of hydrogen-bond donors (Lipinski definition) is 0. The summed E-state index contributed by atoms with van der Waals surface area (Å²) in [5.74, 6) is -0.645. The topological polar surface area (TPSA) is 72.9 Å². The lowest BCUT2D eigenvalue weighted by Crippen LogP contribution is -2.43. The van der Waals surface area contributed by atoms with Crippen LogP contribution in [0.5, 0.6) is 5.75 Å². The quantitative estimate of drug-likeness (QED) is 0.448. The minimum absolute atomic E-state index is 0.178. The van der Waals surface area contributed by atoms with E-state index in [4.69, 9.17) is 9.47 Å². The number of esters is 2. The Bertz CT molecular complexity index is 1080. The largest absolute Gasteiger partial charge is 0.467 e. The van der Waals surface area contributed by atoms with Gasteiger partial charge in [-0.25, -0.2) is 9.59 Å². The molecule has 0 unspecified atom stereocenters. The van der Waals surface area contributed by atoms with Gasteiger partial charge in [0, 0.05) is 18.5 Å². The van der Waals surface area contributed by atoms with Crippen LogP contribution in [0.25, 0.3) is 0 Å². The molecule has 3 aromatic rings. The van der Waals surface area contributed by atoms with Crippen LogP contribution in [-0.2, 0) is 22.5 Å². The van der Waals surface area contributed by atoms with Crippen LogP contribution in [0.1, 0.15) is 31.2 Å². The van der Waals surface area contributed by atoms with E-state index in [1.54, 1.807) is 47.4 Å². The van der Waals surface area contributed by atoms with Gasteiger partial charge in [0.15, 0.2) is 0 Å². The second kappa shape index (κ2) is 8.51. The van der Waals surface area contributed by atoms with Gasteiger partial charge in [0.1, 0.15) is 16.7 Å². The van der Waals surface area contributed by atoms with Crippen LogP contribution in [0.3, 0.4) is 0 Å². The molecule has 0 N–H and O–H groups in total. The highest BCUT2D eigenvalue weighted by atomic mass is 32.1. The van der Waals surface area contributed by atoms with Crippen molar-refractivity contribution in [2.45, 2.75) is 19.0 Å². The van der Waals surface area contributed by atoms with E-state index in [9.17, 15) is 14.4 Å². The zero-order valence-electron chi connectivity index (χ0n) is 16.2. The zero-order chi connectivity index (χ0) is 21.1. The Morgan fingerprint density at radius 3 is 2.50 bits per heavy atom. The summed E-state index contributed by atoms with van der Waals surface area (Å²) < 4.78 is 10.3. The van der Waals surface area contributed by atoms with Crippen LogP contribution < -0.4 is 4.74 Å². The van der Waals surface area contributed by atoms with Crippen molar-refractivity contribution in [2.24, 2.45) is 0 Å². The minimum atomic E-state index is -0.741. The molecular weight excluding hydrogens is 402 g/mol. The Kier molecular flexibility index (Phi) is 5.63. The van der Waals surface area contributed by atoms with E-state index in [1.165, 1.54) is 18.4 Å². The van der Waals surface area contributed by atoms with E-state index in [2.05, 4.69) is 0 Å². The van der Waals surface area contributed by atoms with Crippen molar-refractivity contribution in [3.63, 3.8) is 0 Å². The van der Waals surface area contributed by atoms with E-state index in [0.717, 1.165) is 11.1 Å². The van der Waals surface area contributed by atoms with Crippen LogP contribution in [0, 0.1) is 0 Å². The first-order valence-corrected chi connectivity index (χ1v) is 10.3. The van der Waals surface area contributed by atoms with Crippen molar-refractivity contribution in [2.75, 3.05) is 7.11 Å². The first-order chi connectivity index (χ1) is 14.6. The maximum atomic E-state index is 12.8. The Hall–Kier alpha value is -3.45. The second-order valence-corrected chi connectivity index (χ2v) is 7.79. The highest BCUT2D eigenvalue weighted by Crippen LogP contribution is 2.27. The molecule has 152 valence electrons. The van der Waals surface area contributed by atoms with Crippen molar-refractivity contribution >= 4 is 29.2 Å². The van der Waals surface area contributed by atoms with Crippen molar-refractivity contribution in [3.8, 4) is 5.75 Å². The first-order valence-electron chi connectivity index (χ1n) is 9.38. The van der Waals surface area contributed by atoms with Gasteiger partial charge in [-0.05, 0) is 40.8 Å². The summed E-state index contributed by atoms with van der Waals surface area (Å²) in [7, 11) is 1.32. The Balaban J connectivity index is 1.48. The Morgan fingerprint density at radius 1 is 1.07 bits per heavy atom. The number of fused-ring (bicyclic) bond motifs is 1. The molecule has 2 aromatic carbocycles. The maximum Gasteiger partial charge on any atom is 0.353 e. The number of rotatable bonds is 6. The molecule has 0 saturated heterocycles. The summed E-state index contributed by atoms with van der Waals surface area (Å²) in [6.45, 7) is 0.366. The van der Waals surface area contributed by atoms with E-state index >= 15 is 0 Å². The molecule has 2 heterocycles. The standard InChI is InChI=1S/C23H19NO5S/c1-28-22(26)19(24-14-16-5-2-3-6-18(16)21(24)25)13-15-8-10-17(11-9-15)29-23(27)20-7-4-12-30-20/h2-12,19H,13-14H2,1H3/t19-/m1/s1. The molecule has 1 aromatic heterocycles. The molecule has 0 saturated carbocycles. The molecule has 0 spiro atoms. The molecule has 0 bridgehead atoms. The van der Waals surface area contributed by atoms with Crippen molar-refractivity contribution in [1.29, 1.82) is 0 Å². The molecule has 1 aliphatic heterocycles. The van der Waals surface area contributed by atoms with Gasteiger partial charge < -0.3 is 14.4 Å². The third-order valence-corrected chi connectivity index (χ3v) is 5.83. The van der Waals surface area contributed by atoms with Gasteiger partial charge in [-0.1, -0.05) is 36.4 Å². The molecule has 1 amide bonds. The average Bonchev–Trinajstić information content (AvgIpc) is 3.42. The lowest BCUT2D eigenvalue weighted by Gasteiger charge is -2.25. The fraction of sp³-hybridized carbons (Fsp3) is 0.174. The van der Waals surface area contributed by atoms with Crippen LogP contribution in [-0.4, -0.2) is 35.9 Å². The van der Waals surface area contributed by atoms with Gasteiger partial charge >= 0.3 is 11.9 Å². The number of methoxy groups -OCH3 is 1. The SMILES string of the molecule is COC(=O)[C@@H](Cc1ccc(OC(=O)c2cccs2)cc1)N1Cc2ccccc2C1=O. The number of hydrogen-bond acceptors (Lipinski definition) is 6. The molecule has 4 rings (SSSR count). The molecule has 7 heteroatoms. The van der Waals surface area contributed by atoms with Crippen molar-refractivity contribution in [3.05, 3.63) is 87.6 Å². The number of nitrogens with zero attached hydrogens (tertiary/aromatic N) is 1. The summed E-state index contributed by atoms with van der Waals surface area (Å²) in [6.07, 6.45) is 0.297. The molecular formula is C23H19NO5S. The van der Waals surface area contributed by atoms with Crippen molar-refractivity contribution < 1.29 is 23.9 Å². The highest BCUT2D eigenvalue weighted by molar-refractivity contribution is 7.12. The Morgan fingerprint density at radius 2 is 1.83 bits per heavy atom. The first kappa shape index (κ1) is 19.8. The number of carbonyl (C=O) groups excluding carboxylic acids is 3. The average molecular weight is 421 g/mol. The van der Waals surface area contributed by atoms with Gasteiger partial charge in [-0.2, -0.15) is 0 Å². The number of carbonyl (C=O) groups is 3. The predicted molar refractivity (Wildman–Crippen MR) is 112 cm³/mol. The summed E-state index contributed by atoms with van der Waals surface area (Å²) in [5.41, 5.74) is 2.33. The number of benzene rings is 2. The predicted octanol–water partition coefficient (Wildman–Crippen LogP) is 3.71. The molecule has 0 fully saturated rings. The molecule has 30 heavy (non-hydrogen) atoms. The van der Waals surface area contributed by atoms with Crippen molar-refractivity contribution in [1.82, 2.24) is 4.90 Å². The minimum Gasteiger partial charge on any atom is -0.467 e. The maximum absolute atomic E-state index is 12.8. The van der Waals surface area contributed by atoms with Gasteiger partial charge in [0.2, 0.25) is 0 Å². The molecule has 0 radical (unpaired) electrons. The molecule has 1 aliphatic rings. The van der Waals surface area contributed by atoms with Gasteiger partial charge in [0.05, 0.1) is 7.11 Å². The van der Waals surface area contributed by atoms with Gasteiger partial charge in [-0.3, -0.25) is 4.79 Å². The monoisotopic (exact) mass is 421 g/mol. The molecule has 1 atom stereocenters. The van der Waals surface area contributed by atoms with Gasteiger partial charge in [0.25, 0.3) is 5.91 Å². The highest BCUT2D eigenvalue weighted by Gasteiger charge is 2.36. The normalized spacial score (nSPS) is 13.6. The number of amides is 1. The van der Waals surface area contributed by atoms with Crippen LogP contribution in [0.2, 0.25) is 0 Å². The summed E-state index contributed by atoms with van der Waals surface area (Å²) in [5, 5.41) is 1.81. The number of ether oxygens (including phenoxy) is 2. The Labute approximate surface area is 177 Å². The van der Waals surface area contributed by atoms with Crippen LogP contribution in [0.15, 0.2) is 66.0 Å². The fourth-order valence-electron chi connectivity index (χ4n) is 3.45. The molecule has 6 nitrogen and oxygen atoms in total. The zero-order valence-corrected chi connectivity index (χ0v) is 17.1. The third-order valence-electron chi connectivity index (χ3n) is 4.98. The lowest BCUT2D eigenvalue weighted by molar-refractivity contribution is -0.146. The van der Waals surface area contributed by atoms with E-state index in [1.807, 2.05) is 23.6 Å². The summed E-state index contributed by atoms with van der Waals surface area (Å²) in [4.78, 5) is 39.4. The number of thiophene rings is 1. The summed E-state index contributed by atoms with van der Waals surface area (Å²) in [6, 6.07) is 17.0. The van der Waals surface area contributed by atoms with E-state index in [0.29, 0.717) is 29.2 Å². The van der Waals surface area contributed by atoms with E-state index < -0.39 is 18.0 Å². The van der Waals surface area contributed by atoms with Gasteiger partial charge in [-0.15, -0.1) is 11.3 Å². The fourth-order valence-corrected chi connectivity index (χ4v) is 4.05. The lowest BCUT2D eigenvalue weighted by atomic mass is 10.0. The van der Waals surface area contributed by atoms with E-state index in [-0.39, 0.29) is 5.91 Å². The second-order valence-electron chi connectivity index (χ2n) is 6.84. The molecule has 0 aliphatic carbocycles. The third kappa shape index (κ3) is 3.97. The smallest absolute Gasteiger partial charge is 0.353 e. The van der Waals surface area contributed by atoms with Crippen LogP contribution >= 0.6 is 11.3 Å². The van der Waals surface area contributed by atoms with Crippen LogP contribution in [0.4, 0.5) is 0 Å².